The van der Waals surface area contributed by atoms with Crippen LogP contribution in [-0.2, 0) is 0 Å². The zero-order valence-corrected chi connectivity index (χ0v) is 5.99. The van der Waals surface area contributed by atoms with E-state index in [4.69, 9.17) is 11.5 Å². The molecule has 0 aliphatic heterocycles. The minimum absolute atomic E-state index is 0.191. The van der Waals surface area contributed by atoms with E-state index < -0.39 is 5.03 Å². The van der Waals surface area contributed by atoms with Gasteiger partial charge in [0.2, 0.25) is 0 Å². The van der Waals surface area contributed by atoms with Crippen LogP contribution in [0.25, 0.3) is 0 Å². The van der Waals surface area contributed by atoms with Gasteiger partial charge in [0.25, 0.3) is 5.96 Å². The third-order valence-corrected chi connectivity index (χ3v) is 0.850. The molecule has 0 amide bonds. The lowest BCUT2D eigenvalue weighted by atomic mass is 10.4. The Bertz CT molecular complexity index is 157. The summed E-state index contributed by atoms with van der Waals surface area (Å²) in [6.07, 6.45) is 0.667. The van der Waals surface area contributed by atoms with E-state index in [1.807, 2.05) is 0 Å². The lowest BCUT2D eigenvalue weighted by Crippen LogP contribution is -2.36. The molecule has 0 heterocycles. The van der Waals surface area contributed by atoms with Crippen molar-refractivity contribution < 1.29 is 5.03 Å². The average Bonchev–Trinajstić information content (AvgIpc) is 1.86. The van der Waals surface area contributed by atoms with Gasteiger partial charge in [-0.05, 0) is 13.0 Å². The Balaban J connectivity index is 3.54. The summed E-state index contributed by atoms with van der Waals surface area (Å²) in [6, 6.07) is 0. The molecule has 0 radical (unpaired) electrons. The van der Waals surface area contributed by atoms with Gasteiger partial charge in [0.05, 0.1) is 0 Å². The summed E-state index contributed by atoms with van der Waals surface area (Å²) in [4.78, 5) is 13.4. The SMILES string of the molecule is NCCCN=C(N)N[N+](=O)[O-]. The number of hydrogen-bond donors (Lipinski definition) is 3. The fraction of sp³-hybridized carbons (Fsp3) is 0.750. The second-order valence-corrected chi connectivity index (χ2v) is 1.78. The molecule has 0 aliphatic rings. The summed E-state index contributed by atoms with van der Waals surface area (Å²) in [6.45, 7) is 0.901. The normalized spacial score (nSPS) is 11.2. The predicted octanol–water partition coefficient (Wildman–Crippen LogP) is -1.57. The molecule has 0 aromatic carbocycles. The summed E-state index contributed by atoms with van der Waals surface area (Å²) in [7, 11) is 0. The number of nitro groups is 1. The third-order valence-electron chi connectivity index (χ3n) is 0.850. The van der Waals surface area contributed by atoms with Crippen molar-refractivity contribution in [1.82, 2.24) is 5.43 Å². The molecule has 7 nitrogen and oxygen atoms in total. The summed E-state index contributed by atoms with van der Waals surface area (Å²) in [5.41, 5.74) is 11.9. The van der Waals surface area contributed by atoms with E-state index in [1.165, 1.54) is 0 Å². The Morgan fingerprint density at radius 2 is 2.36 bits per heavy atom. The number of guanidine groups is 1. The monoisotopic (exact) mass is 161 g/mol. The Morgan fingerprint density at radius 3 is 2.82 bits per heavy atom. The van der Waals surface area contributed by atoms with Crippen molar-refractivity contribution in [2.75, 3.05) is 13.1 Å². The van der Waals surface area contributed by atoms with E-state index in [0.717, 1.165) is 0 Å². The number of nitrogens with two attached hydrogens (primary N) is 2. The summed E-state index contributed by atoms with van der Waals surface area (Å²) in [5.74, 6) is -0.191. The standard InChI is InChI=1S/C4H11N5O2/c5-2-1-3-7-4(6)8-9(10)11/h1-3,5H2,(H3,6,7,8). The molecule has 5 N–H and O–H groups in total. The molecule has 0 atom stereocenters. The highest BCUT2D eigenvalue weighted by atomic mass is 16.7. The Hall–Kier alpha value is -1.37. The first-order valence-corrected chi connectivity index (χ1v) is 3.08. The van der Waals surface area contributed by atoms with Crippen molar-refractivity contribution in [3.05, 3.63) is 10.1 Å². The van der Waals surface area contributed by atoms with Gasteiger partial charge in [0.15, 0.2) is 5.03 Å². The van der Waals surface area contributed by atoms with Crippen LogP contribution in [0.5, 0.6) is 0 Å². The fourth-order valence-electron chi connectivity index (χ4n) is 0.420. The first-order valence-electron chi connectivity index (χ1n) is 3.08. The van der Waals surface area contributed by atoms with E-state index in [1.54, 1.807) is 5.43 Å². The van der Waals surface area contributed by atoms with E-state index in [9.17, 15) is 10.1 Å². The van der Waals surface area contributed by atoms with Gasteiger partial charge in [0.1, 0.15) is 0 Å². The Morgan fingerprint density at radius 1 is 1.73 bits per heavy atom. The molecular formula is C4H11N5O2. The summed E-state index contributed by atoms with van der Waals surface area (Å²) >= 11 is 0. The Labute approximate surface area is 63.6 Å². The van der Waals surface area contributed by atoms with Crippen molar-refractivity contribution in [2.24, 2.45) is 16.5 Å². The van der Waals surface area contributed by atoms with Crippen LogP contribution in [0.15, 0.2) is 4.99 Å². The number of aliphatic imine (C=N–C) groups is 1. The highest BCUT2D eigenvalue weighted by Gasteiger charge is 1.96. The van der Waals surface area contributed by atoms with E-state index in [2.05, 4.69) is 4.99 Å². The maximum atomic E-state index is 9.75. The van der Waals surface area contributed by atoms with Crippen molar-refractivity contribution >= 4 is 5.96 Å². The van der Waals surface area contributed by atoms with Gasteiger partial charge < -0.3 is 11.5 Å². The van der Waals surface area contributed by atoms with Crippen LogP contribution in [0.1, 0.15) is 6.42 Å². The first-order chi connectivity index (χ1) is 5.16. The molecule has 0 saturated heterocycles. The van der Waals surface area contributed by atoms with Crippen molar-refractivity contribution in [3.8, 4) is 0 Å². The third kappa shape index (κ3) is 6.52. The minimum atomic E-state index is -0.763. The molecule has 0 bridgehead atoms. The molecule has 0 spiro atoms. The van der Waals surface area contributed by atoms with Crippen LogP contribution in [0.3, 0.4) is 0 Å². The predicted molar refractivity (Wildman–Crippen MR) is 40.3 cm³/mol. The highest BCUT2D eigenvalue weighted by Crippen LogP contribution is 1.75. The zero-order valence-electron chi connectivity index (χ0n) is 5.99. The van der Waals surface area contributed by atoms with E-state index >= 15 is 0 Å². The first kappa shape index (κ1) is 9.63. The lowest BCUT2D eigenvalue weighted by molar-refractivity contribution is -0.525. The van der Waals surface area contributed by atoms with Gasteiger partial charge in [-0.25, -0.2) is 15.1 Å². The van der Waals surface area contributed by atoms with Gasteiger partial charge in [-0.2, -0.15) is 0 Å². The van der Waals surface area contributed by atoms with Crippen LogP contribution >= 0.6 is 0 Å². The molecular weight excluding hydrogens is 150 g/mol. The smallest absolute Gasteiger partial charge is 0.251 e. The molecule has 0 saturated carbocycles. The highest BCUT2D eigenvalue weighted by molar-refractivity contribution is 5.76. The molecule has 7 heteroatoms. The zero-order chi connectivity index (χ0) is 8.69. The summed E-state index contributed by atoms with van der Waals surface area (Å²) < 4.78 is 0. The molecule has 0 aliphatic carbocycles. The van der Waals surface area contributed by atoms with Gasteiger partial charge >= 0.3 is 0 Å². The van der Waals surface area contributed by atoms with Gasteiger partial charge in [-0.15, -0.1) is 0 Å². The van der Waals surface area contributed by atoms with Crippen LogP contribution in [0.4, 0.5) is 0 Å². The average molecular weight is 161 g/mol. The van der Waals surface area contributed by atoms with Crippen LogP contribution in [-0.4, -0.2) is 24.1 Å². The van der Waals surface area contributed by atoms with E-state index in [0.29, 0.717) is 19.5 Å². The minimum Gasteiger partial charge on any atom is -0.365 e. The van der Waals surface area contributed by atoms with Gasteiger partial charge in [-0.1, -0.05) is 5.43 Å². The van der Waals surface area contributed by atoms with Gasteiger partial charge in [0, 0.05) is 6.54 Å². The second kappa shape index (κ2) is 5.42. The molecule has 11 heavy (non-hydrogen) atoms. The van der Waals surface area contributed by atoms with Crippen LogP contribution in [0.2, 0.25) is 0 Å². The number of hydrogen-bond acceptors (Lipinski definition) is 4. The number of rotatable bonds is 4. The van der Waals surface area contributed by atoms with E-state index in [-0.39, 0.29) is 5.96 Å². The van der Waals surface area contributed by atoms with Crippen molar-refractivity contribution in [3.63, 3.8) is 0 Å². The molecule has 0 rings (SSSR count). The van der Waals surface area contributed by atoms with Crippen LogP contribution in [0, 0.1) is 10.1 Å². The lowest BCUT2D eigenvalue weighted by Gasteiger charge is -1.94. The second-order valence-electron chi connectivity index (χ2n) is 1.78. The van der Waals surface area contributed by atoms with Crippen LogP contribution < -0.4 is 16.9 Å². The largest absolute Gasteiger partial charge is 0.365 e. The molecule has 64 valence electrons. The van der Waals surface area contributed by atoms with Gasteiger partial charge in [-0.3, -0.25) is 0 Å². The maximum Gasteiger partial charge on any atom is 0.251 e. The molecule has 0 unspecified atom stereocenters. The Kier molecular flexibility index (Phi) is 4.74. The number of nitrogens with one attached hydrogen (secondary N) is 1. The fourth-order valence-corrected chi connectivity index (χ4v) is 0.420. The molecule has 0 fully saturated rings. The van der Waals surface area contributed by atoms with Crippen molar-refractivity contribution in [2.45, 2.75) is 6.42 Å². The number of nitrogens with zero attached hydrogens (tertiary/aromatic N) is 2. The number of hydrazine groups is 1. The topological polar surface area (TPSA) is 120 Å². The van der Waals surface area contributed by atoms with Crippen molar-refractivity contribution in [1.29, 1.82) is 0 Å². The summed E-state index contributed by atoms with van der Waals surface area (Å²) in [5, 5.41) is 8.99. The molecule has 0 aromatic rings. The molecule has 0 aromatic heterocycles. The quantitative estimate of drug-likeness (QED) is 0.151. The maximum absolute atomic E-state index is 9.75.